The van der Waals surface area contributed by atoms with Crippen LogP contribution in [0.25, 0.3) is 10.9 Å². The minimum absolute atomic E-state index is 0.0629. The molecule has 1 unspecified atom stereocenters. The number of rotatable bonds is 3. The van der Waals surface area contributed by atoms with E-state index in [0.29, 0.717) is 30.7 Å². The first-order valence-electron chi connectivity index (χ1n) is 9.60. The highest BCUT2D eigenvalue weighted by atomic mass is 16.2. The monoisotopic (exact) mass is 387 g/mol. The fourth-order valence-electron chi connectivity index (χ4n) is 3.64. The van der Waals surface area contributed by atoms with Crippen molar-refractivity contribution < 1.29 is 14.4 Å². The summed E-state index contributed by atoms with van der Waals surface area (Å²) in [7, 11) is 0. The van der Waals surface area contributed by atoms with Gasteiger partial charge in [-0.3, -0.25) is 14.4 Å². The normalized spacial score (nSPS) is 16.7. The summed E-state index contributed by atoms with van der Waals surface area (Å²) in [6, 6.07) is 19.7. The van der Waals surface area contributed by atoms with Crippen LogP contribution in [-0.4, -0.2) is 58.1 Å². The van der Waals surface area contributed by atoms with Crippen LogP contribution in [0.4, 0.5) is 0 Å². The second-order valence-electron chi connectivity index (χ2n) is 7.18. The van der Waals surface area contributed by atoms with E-state index in [1.54, 1.807) is 29.2 Å². The molecule has 1 aliphatic rings. The van der Waals surface area contributed by atoms with Gasteiger partial charge in [-0.2, -0.15) is 0 Å². The van der Waals surface area contributed by atoms with E-state index in [0.717, 1.165) is 5.39 Å². The molecule has 0 radical (unpaired) electrons. The zero-order valence-electron chi connectivity index (χ0n) is 16.1. The lowest BCUT2D eigenvalue weighted by Crippen LogP contribution is -2.56. The van der Waals surface area contributed by atoms with Crippen LogP contribution < -0.4 is 0 Å². The van der Waals surface area contributed by atoms with Crippen LogP contribution in [0.2, 0.25) is 0 Å². The summed E-state index contributed by atoms with van der Waals surface area (Å²) in [6.45, 7) is 2.95. The summed E-state index contributed by atoms with van der Waals surface area (Å²) in [6.07, 6.45) is 0. The first kappa shape index (κ1) is 18.8. The summed E-state index contributed by atoms with van der Waals surface area (Å²) in [4.78, 5) is 45.8. The molecular weight excluding hydrogens is 366 g/mol. The Balaban J connectivity index is 1.46. The number of para-hydroxylation sites is 1. The molecule has 29 heavy (non-hydrogen) atoms. The van der Waals surface area contributed by atoms with Crippen LogP contribution in [0, 0.1) is 0 Å². The van der Waals surface area contributed by atoms with Crippen molar-refractivity contribution in [3.8, 4) is 0 Å². The van der Waals surface area contributed by atoms with Gasteiger partial charge in [0.05, 0.1) is 5.52 Å². The van der Waals surface area contributed by atoms with E-state index < -0.39 is 11.7 Å². The quantitative estimate of drug-likeness (QED) is 0.512. The number of amides is 2. The third-order valence-electron chi connectivity index (χ3n) is 5.22. The Hall–Kier alpha value is -3.54. The molecule has 146 valence electrons. The van der Waals surface area contributed by atoms with Gasteiger partial charge in [-0.15, -0.1) is 0 Å². The highest BCUT2D eigenvalue weighted by Gasteiger charge is 2.33. The molecular formula is C23H21N3O3. The molecule has 1 atom stereocenters. The summed E-state index contributed by atoms with van der Waals surface area (Å²) >= 11 is 0. The highest BCUT2D eigenvalue weighted by molar-refractivity contribution is 6.42. The first-order valence-corrected chi connectivity index (χ1v) is 9.60. The van der Waals surface area contributed by atoms with E-state index in [4.69, 9.17) is 0 Å². The maximum Gasteiger partial charge on any atom is 0.297 e. The maximum atomic E-state index is 12.8. The van der Waals surface area contributed by atoms with Crippen molar-refractivity contribution in [3.05, 3.63) is 78.0 Å². The SMILES string of the molecule is CC1CN(C(=O)c2ccccc2)CCN1C(=O)C(=O)c1ccc2ccccc2n1. The predicted octanol–water partition coefficient (Wildman–Crippen LogP) is 2.79. The van der Waals surface area contributed by atoms with Crippen molar-refractivity contribution in [1.82, 2.24) is 14.8 Å². The topological polar surface area (TPSA) is 70.6 Å². The number of hydrogen-bond acceptors (Lipinski definition) is 4. The predicted molar refractivity (Wildman–Crippen MR) is 110 cm³/mol. The average Bonchev–Trinajstić information content (AvgIpc) is 2.77. The summed E-state index contributed by atoms with van der Waals surface area (Å²) in [5.74, 6) is -1.26. The van der Waals surface area contributed by atoms with E-state index in [9.17, 15) is 14.4 Å². The number of benzene rings is 2. The van der Waals surface area contributed by atoms with Gasteiger partial charge in [0.2, 0.25) is 0 Å². The van der Waals surface area contributed by atoms with Gasteiger partial charge < -0.3 is 9.80 Å². The van der Waals surface area contributed by atoms with Gasteiger partial charge in [0.25, 0.3) is 17.6 Å². The Morgan fingerprint density at radius 2 is 1.62 bits per heavy atom. The third kappa shape index (κ3) is 3.74. The number of carbonyl (C=O) groups excluding carboxylic acids is 3. The van der Waals surface area contributed by atoms with Crippen LogP contribution in [0.3, 0.4) is 0 Å². The fourth-order valence-corrected chi connectivity index (χ4v) is 3.64. The van der Waals surface area contributed by atoms with E-state index in [1.165, 1.54) is 4.90 Å². The Labute approximate surface area is 168 Å². The number of piperazine rings is 1. The minimum Gasteiger partial charge on any atom is -0.335 e. The zero-order chi connectivity index (χ0) is 20.4. The molecule has 4 rings (SSSR count). The lowest BCUT2D eigenvalue weighted by molar-refractivity contribution is -0.130. The van der Waals surface area contributed by atoms with Gasteiger partial charge in [0.1, 0.15) is 5.69 Å². The van der Waals surface area contributed by atoms with Gasteiger partial charge in [0.15, 0.2) is 0 Å². The summed E-state index contributed by atoms with van der Waals surface area (Å²) in [5, 5.41) is 0.915. The van der Waals surface area contributed by atoms with Crippen molar-refractivity contribution in [2.24, 2.45) is 0 Å². The average molecular weight is 387 g/mol. The Kier molecular flexibility index (Phi) is 5.08. The molecule has 0 spiro atoms. The van der Waals surface area contributed by atoms with E-state index in [2.05, 4.69) is 4.98 Å². The fraction of sp³-hybridized carbons (Fsp3) is 0.217. The lowest BCUT2D eigenvalue weighted by atomic mass is 10.1. The van der Waals surface area contributed by atoms with Gasteiger partial charge in [0, 0.05) is 36.6 Å². The second-order valence-corrected chi connectivity index (χ2v) is 7.18. The molecule has 2 aromatic carbocycles. The number of carbonyl (C=O) groups is 3. The molecule has 6 nitrogen and oxygen atoms in total. The molecule has 2 heterocycles. The zero-order valence-corrected chi connectivity index (χ0v) is 16.1. The number of nitrogens with zero attached hydrogens (tertiary/aromatic N) is 3. The number of pyridine rings is 1. The molecule has 1 aliphatic heterocycles. The Morgan fingerprint density at radius 1 is 0.897 bits per heavy atom. The van der Waals surface area contributed by atoms with Crippen LogP contribution >= 0.6 is 0 Å². The Bertz CT molecular complexity index is 1080. The largest absolute Gasteiger partial charge is 0.335 e. The lowest BCUT2D eigenvalue weighted by Gasteiger charge is -2.39. The van der Waals surface area contributed by atoms with Crippen LogP contribution in [0.15, 0.2) is 66.7 Å². The Morgan fingerprint density at radius 3 is 2.38 bits per heavy atom. The van der Waals surface area contributed by atoms with Crippen molar-refractivity contribution in [3.63, 3.8) is 0 Å². The maximum absolute atomic E-state index is 12.8. The minimum atomic E-state index is -0.620. The van der Waals surface area contributed by atoms with Crippen LogP contribution in [-0.2, 0) is 4.79 Å². The molecule has 0 N–H and O–H groups in total. The number of ketones is 1. The number of hydrogen-bond donors (Lipinski definition) is 0. The first-order chi connectivity index (χ1) is 14.0. The molecule has 0 saturated carbocycles. The van der Waals surface area contributed by atoms with Crippen molar-refractivity contribution in [2.45, 2.75) is 13.0 Å². The number of fused-ring (bicyclic) bond motifs is 1. The van der Waals surface area contributed by atoms with Gasteiger partial charge >= 0.3 is 0 Å². The molecule has 0 bridgehead atoms. The molecule has 1 saturated heterocycles. The highest BCUT2D eigenvalue weighted by Crippen LogP contribution is 2.16. The van der Waals surface area contributed by atoms with E-state index in [1.807, 2.05) is 49.4 Å². The van der Waals surface area contributed by atoms with E-state index in [-0.39, 0.29) is 17.6 Å². The van der Waals surface area contributed by atoms with Crippen molar-refractivity contribution in [1.29, 1.82) is 0 Å². The molecule has 1 fully saturated rings. The van der Waals surface area contributed by atoms with Crippen molar-refractivity contribution >= 4 is 28.5 Å². The van der Waals surface area contributed by atoms with Gasteiger partial charge in [-0.25, -0.2) is 4.98 Å². The van der Waals surface area contributed by atoms with E-state index >= 15 is 0 Å². The second kappa shape index (κ2) is 7.83. The molecule has 1 aromatic heterocycles. The number of Topliss-reactive ketones (excluding diaryl/α,β-unsaturated/α-hetero) is 1. The van der Waals surface area contributed by atoms with Crippen molar-refractivity contribution in [2.75, 3.05) is 19.6 Å². The molecule has 3 aromatic rings. The molecule has 2 amide bonds. The smallest absolute Gasteiger partial charge is 0.297 e. The standard InChI is InChI=1S/C23H21N3O3/c1-16-15-25(22(28)18-8-3-2-4-9-18)13-14-26(16)23(29)21(27)20-12-11-17-7-5-6-10-19(17)24-20/h2-12,16H,13-15H2,1H3. The van der Waals surface area contributed by atoms with Gasteiger partial charge in [-0.05, 0) is 31.2 Å². The number of aromatic nitrogens is 1. The third-order valence-corrected chi connectivity index (χ3v) is 5.22. The van der Waals surface area contributed by atoms with Crippen LogP contribution in [0.5, 0.6) is 0 Å². The van der Waals surface area contributed by atoms with Crippen LogP contribution in [0.1, 0.15) is 27.8 Å². The summed E-state index contributed by atoms with van der Waals surface area (Å²) in [5.41, 5.74) is 1.44. The van der Waals surface area contributed by atoms with Gasteiger partial charge in [-0.1, -0.05) is 42.5 Å². The molecule has 6 heteroatoms. The summed E-state index contributed by atoms with van der Waals surface area (Å²) < 4.78 is 0. The molecule has 0 aliphatic carbocycles.